The van der Waals surface area contributed by atoms with Crippen LogP contribution in [0.4, 0.5) is 0 Å². The van der Waals surface area contributed by atoms with Crippen molar-refractivity contribution in [3.05, 3.63) is 47.5 Å². The Morgan fingerprint density at radius 1 is 1.11 bits per heavy atom. The maximum absolute atomic E-state index is 4.31. The number of nitrogens with one attached hydrogen (secondary N) is 1. The molecule has 2 heterocycles. The summed E-state index contributed by atoms with van der Waals surface area (Å²) in [4.78, 5) is 15.7. The quantitative estimate of drug-likeness (QED) is 0.586. The van der Waals surface area contributed by atoms with E-state index in [9.17, 15) is 0 Å². The Labute approximate surface area is 115 Å². The molecule has 0 unspecified atom stereocenters. The molecule has 0 spiro atoms. The number of hydrogen-bond acceptors (Lipinski definition) is 4. The Bertz CT molecular complexity index is 720. The molecule has 1 N–H and O–H groups in total. The van der Waals surface area contributed by atoms with Crippen molar-refractivity contribution in [1.29, 1.82) is 0 Å². The number of benzene rings is 1. The normalized spacial score (nSPS) is 11.1. The summed E-state index contributed by atoms with van der Waals surface area (Å²) in [5, 5.41) is 0.945. The molecule has 4 nitrogen and oxygen atoms in total. The average Bonchev–Trinajstić information content (AvgIpc) is 2.89. The van der Waals surface area contributed by atoms with Crippen LogP contribution < -0.4 is 0 Å². The van der Waals surface area contributed by atoms with Gasteiger partial charge >= 0.3 is 0 Å². The number of aromatic nitrogens is 4. The first-order valence-electron chi connectivity index (χ1n) is 6.07. The summed E-state index contributed by atoms with van der Waals surface area (Å²) in [6.07, 6.45) is 3.21. The summed E-state index contributed by atoms with van der Waals surface area (Å²) in [6.45, 7) is 4.27. The number of aryl methyl sites for hydroxylation is 2. The number of rotatable bonds is 3. The van der Waals surface area contributed by atoms with Gasteiger partial charge in [-0.15, -0.1) is 0 Å². The molecule has 0 aliphatic carbocycles. The summed E-state index contributed by atoms with van der Waals surface area (Å²) in [7, 11) is 0. The van der Waals surface area contributed by atoms with Gasteiger partial charge in [0.25, 0.3) is 0 Å². The van der Waals surface area contributed by atoms with Crippen LogP contribution in [0.5, 0.6) is 0 Å². The van der Waals surface area contributed by atoms with Gasteiger partial charge in [-0.2, -0.15) is 0 Å². The fourth-order valence-corrected chi connectivity index (χ4v) is 2.80. The van der Waals surface area contributed by atoms with Crippen LogP contribution in [0.2, 0.25) is 0 Å². The van der Waals surface area contributed by atoms with Gasteiger partial charge in [-0.05, 0) is 30.5 Å². The standard InChI is InChI=1S/C14H14N4S/c1-9-3-4-11(5-10(9)2)6-19-14-12-13(16-7-15-12)17-8-18-14/h3-5,7-8H,6H2,1-2H3,(H,15,16,17,18). The van der Waals surface area contributed by atoms with E-state index in [1.165, 1.54) is 16.7 Å². The van der Waals surface area contributed by atoms with E-state index in [-0.39, 0.29) is 0 Å². The minimum atomic E-state index is 0.720. The summed E-state index contributed by atoms with van der Waals surface area (Å²) in [6, 6.07) is 6.56. The van der Waals surface area contributed by atoms with E-state index in [2.05, 4.69) is 52.0 Å². The van der Waals surface area contributed by atoms with E-state index in [0.717, 1.165) is 21.9 Å². The third-order valence-corrected chi connectivity index (χ3v) is 4.20. The number of nitrogens with zero attached hydrogens (tertiary/aromatic N) is 3. The molecule has 19 heavy (non-hydrogen) atoms. The van der Waals surface area contributed by atoms with Gasteiger partial charge in [0, 0.05) is 5.75 Å². The zero-order chi connectivity index (χ0) is 13.2. The highest BCUT2D eigenvalue weighted by molar-refractivity contribution is 7.98. The number of H-pyrrole nitrogens is 1. The van der Waals surface area contributed by atoms with Crippen molar-refractivity contribution in [1.82, 2.24) is 19.9 Å². The molecule has 0 aliphatic rings. The molecular formula is C14H14N4S. The second kappa shape index (κ2) is 5.01. The second-order valence-corrected chi connectivity index (χ2v) is 5.45. The second-order valence-electron chi connectivity index (χ2n) is 4.49. The van der Waals surface area contributed by atoms with Crippen molar-refractivity contribution in [2.75, 3.05) is 0 Å². The van der Waals surface area contributed by atoms with E-state index in [1.54, 1.807) is 24.4 Å². The lowest BCUT2D eigenvalue weighted by Gasteiger charge is -2.05. The third kappa shape index (κ3) is 2.46. The van der Waals surface area contributed by atoms with E-state index < -0.39 is 0 Å². The van der Waals surface area contributed by atoms with Crippen LogP contribution in [0.1, 0.15) is 16.7 Å². The number of aromatic amines is 1. The van der Waals surface area contributed by atoms with Crippen LogP contribution in [0.15, 0.2) is 35.9 Å². The molecule has 96 valence electrons. The van der Waals surface area contributed by atoms with Gasteiger partial charge in [-0.3, -0.25) is 0 Å². The number of hydrogen-bond donors (Lipinski definition) is 1. The Morgan fingerprint density at radius 3 is 2.84 bits per heavy atom. The highest BCUT2D eigenvalue weighted by Crippen LogP contribution is 2.26. The van der Waals surface area contributed by atoms with Crippen LogP contribution >= 0.6 is 11.8 Å². The molecule has 0 fully saturated rings. The molecule has 3 rings (SSSR count). The molecule has 1 aromatic carbocycles. The lowest BCUT2D eigenvalue weighted by atomic mass is 10.1. The summed E-state index contributed by atoms with van der Waals surface area (Å²) in [5.41, 5.74) is 5.59. The molecule has 5 heteroatoms. The van der Waals surface area contributed by atoms with E-state index in [1.807, 2.05) is 0 Å². The molecule has 0 saturated carbocycles. The lowest BCUT2D eigenvalue weighted by Crippen LogP contribution is -1.89. The van der Waals surface area contributed by atoms with Crippen molar-refractivity contribution < 1.29 is 0 Å². The zero-order valence-corrected chi connectivity index (χ0v) is 11.7. The topological polar surface area (TPSA) is 54.5 Å². The lowest BCUT2D eigenvalue weighted by molar-refractivity contribution is 1.08. The van der Waals surface area contributed by atoms with Gasteiger partial charge < -0.3 is 4.98 Å². The molecule has 0 radical (unpaired) electrons. The van der Waals surface area contributed by atoms with E-state index in [4.69, 9.17) is 0 Å². The SMILES string of the molecule is Cc1ccc(CSc2ncnc3nc[nH]c23)cc1C. The summed E-state index contributed by atoms with van der Waals surface area (Å²) in [5.74, 6) is 0.895. The van der Waals surface area contributed by atoms with Gasteiger partial charge in [0.2, 0.25) is 0 Å². The molecule has 2 aromatic heterocycles. The van der Waals surface area contributed by atoms with Crippen LogP contribution in [0.25, 0.3) is 11.2 Å². The molecule has 0 saturated heterocycles. The number of thioether (sulfide) groups is 1. The summed E-state index contributed by atoms with van der Waals surface area (Å²) >= 11 is 1.70. The molecular weight excluding hydrogens is 256 g/mol. The maximum atomic E-state index is 4.31. The third-order valence-electron chi connectivity index (χ3n) is 3.14. The van der Waals surface area contributed by atoms with Crippen molar-refractivity contribution >= 4 is 22.9 Å². The van der Waals surface area contributed by atoms with Gasteiger partial charge in [-0.25, -0.2) is 15.0 Å². The first kappa shape index (κ1) is 12.2. The van der Waals surface area contributed by atoms with Crippen molar-refractivity contribution in [2.24, 2.45) is 0 Å². The molecule has 3 aromatic rings. The minimum Gasteiger partial charge on any atom is -0.341 e. The minimum absolute atomic E-state index is 0.720. The van der Waals surface area contributed by atoms with Crippen molar-refractivity contribution in [3.63, 3.8) is 0 Å². The first-order chi connectivity index (χ1) is 9.24. The van der Waals surface area contributed by atoms with Gasteiger partial charge in [0.1, 0.15) is 16.9 Å². The predicted molar refractivity (Wildman–Crippen MR) is 77.2 cm³/mol. The smallest absolute Gasteiger partial charge is 0.181 e. The molecule has 0 atom stereocenters. The maximum Gasteiger partial charge on any atom is 0.181 e. The predicted octanol–water partition coefficient (Wildman–Crippen LogP) is 3.26. The number of imidazole rings is 1. The fraction of sp³-hybridized carbons (Fsp3) is 0.214. The highest BCUT2D eigenvalue weighted by atomic mass is 32.2. The van der Waals surface area contributed by atoms with Crippen molar-refractivity contribution in [3.8, 4) is 0 Å². The van der Waals surface area contributed by atoms with Crippen LogP contribution in [-0.4, -0.2) is 19.9 Å². The fourth-order valence-electron chi connectivity index (χ4n) is 1.90. The van der Waals surface area contributed by atoms with Gasteiger partial charge in [0.05, 0.1) is 6.33 Å². The number of fused-ring (bicyclic) bond motifs is 1. The summed E-state index contributed by atoms with van der Waals surface area (Å²) < 4.78 is 0. The molecule has 0 bridgehead atoms. The van der Waals surface area contributed by atoms with Gasteiger partial charge in [-0.1, -0.05) is 30.0 Å². The van der Waals surface area contributed by atoms with Crippen LogP contribution in [0.3, 0.4) is 0 Å². The first-order valence-corrected chi connectivity index (χ1v) is 7.05. The Balaban J connectivity index is 1.82. The Kier molecular flexibility index (Phi) is 3.21. The average molecular weight is 270 g/mol. The molecule has 0 aliphatic heterocycles. The van der Waals surface area contributed by atoms with Gasteiger partial charge in [0.15, 0.2) is 5.65 Å². The van der Waals surface area contributed by atoms with Crippen molar-refractivity contribution in [2.45, 2.75) is 24.6 Å². The molecule has 0 amide bonds. The Morgan fingerprint density at radius 2 is 2.00 bits per heavy atom. The van der Waals surface area contributed by atoms with Crippen LogP contribution in [0, 0.1) is 13.8 Å². The van der Waals surface area contributed by atoms with Crippen LogP contribution in [-0.2, 0) is 5.75 Å². The Hall–Kier alpha value is -1.88. The largest absolute Gasteiger partial charge is 0.341 e. The monoisotopic (exact) mass is 270 g/mol. The van der Waals surface area contributed by atoms with E-state index in [0.29, 0.717) is 0 Å². The zero-order valence-electron chi connectivity index (χ0n) is 10.8. The van der Waals surface area contributed by atoms with E-state index >= 15 is 0 Å². The highest BCUT2D eigenvalue weighted by Gasteiger charge is 2.06.